The first kappa shape index (κ1) is 8.00. The van der Waals surface area contributed by atoms with Crippen LogP contribution in [-0.4, -0.2) is 13.2 Å². The minimum atomic E-state index is 0.695. The van der Waals surface area contributed by atoms with Gasteiger partial charge >= 0.3 is 0 Å². The molecule has 13 heavy (non-hydrogen) atoms. The number of ether oxygens (including phenoxy) is 2. The lowest BCUT2D eigenvalue weighted by atomic mass is 10.2. The average molecular weight is 174 g/mol. The fourth-order valence-electron chi connectivity index (χ4n) is 1.25. The average Bonchev–Trinajstić information content (AvgIpc) is 2.41. The highest BCUT2D eigenvalue weighted by atomic mass is 16.5. The maximum absolute atomic E-state index is 5.47. The summed E-state index contributed by atoms with van der Waals surface area (Å²) in [6.07, 6.45) is 6.19. The maximum Gasteiger partial charge on any atom is 0.162 e. The van der Waals surface area contributed by atoms with E-state index < -0.39 is 0 Å². The molecule has 0 unspecified atom stereocenters. The Kier molecular flexibility index (Phi) is 2.09. The smallest absolute Gasteiger partial charge is 0.162 e. The fraction of sp³-hybridized carbons (Fsp3) is 0.273. The first-order chi connectivity index (χ1) is 6.40. The molecule has 0 aromatic heterocycles. The van der Waals surface area contributed by atoms with E-state index in [1.54, 1.807) is 0 Å². The van der Waals surface area contributed by atoms with Gasteiger partial charge < -0.3 is 9.47 Å². The highest BCUT2D eigenvalue weighted by molar-refractivity contribution is 5.47. The summed E-state index contributed by atoms with van der Waals surface area (Å²) in [6.45, 7) is 1.41. The van der Waals surface area contributed by atoms with E-state index in [0.29, 0.717) is 13.2 Å². The largest absolute Gasteiger partial charge is 0.490 e. The Bertz CT molecular complexity index is 350. The zero-order valence-electron chi connectivity index (χ0n) is 7.25. The van der Waals surface area contributed by atoms with Crippen molar-refractivity contribution in [3.63, 3.8) is 0 Å². The number of terminal acetylenes is 1. The van der Waals surface area contributed by atoms with Gasteiger partial charge in [0, 0.05) is 12.0 Å². The molecule has 0 N–H and O–H groups in total. The summed E-state index contributed by atoms with van der Waals surface area (Å²) >= 11 is 0. The summed E-state index contributed by atoms with van der Waals surface area (Å²) in [4.78, 5) is 0. The summed E-state index contributed by atoms with van der Waals surface area (Å²) in [5.41, 5.74) is 0.823. The number of hydrogen-bond acceptors (Lipinski definition) is 2. The number of fused-ring (bicyclic) bond motifs is 1. The molecule has 0 aliphatic carbocycles. The molecule has 0 saturated carbocycles. The predicted octanol–water partition coefficient (Wildman–Crippen LogP) is 1.83. The van der Waals surface area contributed by atoms with E-state index in [9.17, 15) is 0 Å². The van der Waals surface area contributed by atoms with E-state index in [1.165, 1.54) is 0 Å². The second kappa shape index (κ2) is 3.40. The number of hydrogen-bond donors (Lipinski definition) is 0. The van der Waals surface area contributed by atoms with Crippen LogP contribution < -0.4 is 9.47 Å². The van der Waals surface area contributed by atoms with Crippen LogP contribution in [0.15, 0.2) is 18.2 Å². The van der Waals surface area contributed by atoms with Gasteiger partial charge in [-0.25, -0.2) is 0 Å². The van der Waals surface area contributed by atoms with Crippen LogP contribution in [-0.2, 0) is 0 Å². The zero-order chi connectivity index (χ0) is 9.10. The molecule has 2 nitrogen and oxygen atoms in total. The Morgan fingerprint density at radius 3 is 2.69 bits per heavy atom. The summed E-state index contributed by atoms with van der Waals surface area (Å²) in [5, 5.41) is 0. The Morgan fingerprint density at radius 2 is 1.92 bits per heavy atom. The van der Waals surface area contributed by atoms with E-state index in [0.717, 1.165) is 23.5 Å². The standard InChI is InChI=1S/C11H10O2/c1-2-9-4-5-10-11(8-9)13-7-3-6-12-10/h1,4-5,8H,3,6-7H2. The van der Waals surface area contributed by atoms with Crippen molar-refractivity contribution in [1.82, 2.24) is 0 Å². The molecule has 2 heteroatoms. The van der Waals surface area contributed by atoms with Crippen molar-refractivity contribution in [2.45, 2.75) is 6.42 Å². The quantitative estimate of drug-likeness (QED) is 0.558. The topological polar surface area (TPSA) is 18.5 Å². The van der Waals surface area contributed by atoms with Crippen molar-refractivity contribution in [1.29, 1.82) is 0 Å². The molecule has 0 radical (unpaired) electrons. The van der Waals surface area contributed by atoms with Gasteiger partial charge in [-0.15, -0.1) is 6.42 Å². The van der Waals surface area contributed by atoms with Crippen molar-refractivity contribution < 1.29 is 9.47 Å². The molecule has 1 heterocycles. The number of benzene rings is 1. The fourth-order valence-corrected chi connectivity index (χ4v) is 1.25. The maximum atomic E-state index is 5.47. The van der Waals surface area contributed by atoms with Crippen LogP contribution in [0, 0.1) is 12.3 Å². The summed E-state index contributed by atoms with van der Waals surface area (Å²) in [5.74, 6) is 4.11. The molecule has 66 valence electrons. The van der Waals surface area contributed by atoms with Gasteiger partial charge in [0.05, 0.1) is 13.2 Å². The first-order valence-corrected chi connectivity index (χ1v) is 4.26. The minimum absolute atomic E-state index is 0.695. The Labute approximate surface area is 77.5 Å². The first-order valence-electron chi connectivity index (χ1n) is 4.26. The molecule has 1 aliphatic heterocycles. The lowest BCUT2D eigenvalue weighted by Gasteiger charge is -2.06. The molecule has 0 bridgehead atoms. The van der Waals surface area contributed by atoms with Gasteiger partial charge in [-0.05, 0) is 18.2 Å². The van der Waals surface area contributed by atoms with Gasteiger partial charge in [0.25, 0.3) is 0 Å². The van der Waals surface area contributed by atoms with E-state index in [2.05, 4.69) is 5.92 Å². The van der Waals surface area contributed by atoms with Crippen LogP contribution in [0.3, 0.4) is 0 Å². The van der Waals surface area contributed by atoms with Gasteiger partial charge in [0.2, 0.25) is 0 Å². The molecule has 1 aromatic rings. The zero-order valence-corrected chi connectivity index (χ0v) is 7.25. The predicted molar refractivity (Wildman–Crippen MR) is 50.0 cm³/mol. The van der Waals surface area contributed by atoms with Crippen LogP contribution in [0.25, 0.3) is 0 Å². The molecule has 1 aromatic carbocycles. The molecule has 0 spiro atoms. The third kappa shape index (κ3) is 1.59. The SMILES string of the molecule is C#Cc1ccc2c(c1)OCCCO2. The van der Waals surface area contributed by atoms with Crippen LogP contribution in [0.2, 0.25) is 0 Å². The summed E-state index contributed by atoms with van der Waals surface area (Å²) in [7, 11) is 0. The second-order valence-electron chi connectivity index (χ2n) is 2.86. The third-order valence-corrected chi connectivity index (χ3v) is 1.91. The highest BCUT2D eigenvalue weighted by Gasteiger charge is 2.09. The lowest BCUT2D eigenvalue weighted by molar-refractivity contribution is 0.297. The van der Waals surface area contributed by atoms with Crippen molar-refractivity contribution in [2.24, 2.45) is 0 Å². The van der Waals surface area contributed by atoms with Crippen molar-refractivity contribution in [3.05, 3.63) is 23.8 Å². The van der Waals surface area contributed by atoms with Crippen LogP contribution in [0.1, 0.15) is 12.0 Å². The van der Waals surface area contributed by atoms with Gasteiger partial charge in [-0.1, -0.05) is 5.92 Å². The van der Waals surface area contributed by atoms with Crippen LogP contribution in [0.4, 0.5) is 0 Å². The van der Waals surface area contributed by atoms with E-state index in [1.807, 2.05) is 18.2 Å². The Balaban J connectivity index is 2.39. The lowest BCUT2D eigenvalue weighted by Crippen LogP contribution is -1.97. The third-order valence-electron chi connectivity index (χ3n) is 1.91. The van der Waals surface area contributed by atoms with E-state index in [4.69, 9.17) is 15.9 Å². The molecule has 0 atom stereocenters. The molecule has 2 rings (SSSR count). The van der Waals surface area contributed by atoms with Crippen molar-refractivity contribution in [3.8, 4) is 23.8 Å². The summed E-state index contributed by atoms with van der Waals surface area (Å²) < 4.78 is 10.9. The van der Waals surface area contributed by atoms with E-state index in [-0.39, 0.29) is 0 Å². The molecular weight excluding hydrogens is 164 g/mol. The van der Waals surface area contributed by atoms with Gasteiger partial charge in [-0.3, -0.25) is 0 Å². The molecule has 0 amide bonds. The van der Waals surface area contributed by atoms with Gasteiger partial charge in [0.1, 0.15) is 0 Å². The summed E-state index contributed by atoms with van der Waals surface area (Å²) in [6, 6.07) is 5.55. The molecule has 0 fully saturated rings. The second-order valence-corrected chi connectivity index (χ2v) is 2.86. The molecule has 1 aliphatic rings. The van der Waals surface area contributed by atoms with Gasteiger partial charge in [0.15, 0.2) is 11.5 Å². The Hall–Kier alpha value is -1.62. The molecule has 0 saturated heterocycles. The normalized spacial score (nSPS) is 14.4. The molecular formula is C11H10O2. The monoisotopic (exact) mass is 174 g/mol. The van der Waals surface area contributed by atoms with Crippen molar-refractivity contribution in [2.75, 3.05) is 13.2 Å². The highest BCUT2D eigenvalue weighted by Crippen LogP contribution is 2.29. The van der Waals surface area contributed by atoms with Crippen molar-refractivity contribution >= 4 is 0 Å². The minimum Gasteiger partial charge on any atom is -0.490 e. The van der Waals surface area contributed by atoms with Crippen LogP contribution >= 0.6 is 0 Å². The van der Waals surface area contributed by atoms with E-state index >= 15 is 0 Å². The Morgan fingerprint density at radius 1 is 1.15 bits per heavy atom. The van der Waals surface area contributed by atoms with Gasteiger partial charge in [-0.2, -0.15) is 0 Å². The van der Waals surface area contributed by atoms with Crippen LogP contribution in [0.5, 0.6) is 11.5 Å². The number of rotatable bonds is 0.